The SMILES string of the molecule is CSCCCCCNc1cccc(F)c1C#N. The summed E-state index contributed by atoms with van der Waals surface area (Å²) in [5.74, 6) is 0.725. The first-order valence-electron chi connectivity index (χ1n) is 5.71. The molecule has 0 aromatic heterocycles. The van der Waals surface area contributed by atoms with Gasteiger partial charge in [-0.3, -0.25) is 0 Å². The molecule has 0 radical (unpaired) electrons. The van der Waals surface area contributed by atoms with Gasteiger partial charge in [0.2, 0.25) is 0 Å². The zero-order valence-electron chi connectivity index (χ0n) is 10.0. The molecule has 0 bridgehead atoms. The van der Waals surface area contributed by atoms with Gasteiger partial charge in [-0.2, -0.15) is 17.0 Å². The third-order valence-corrected chi connectivity index (χ3v) is 3.16. The second-order valence-corrected chi connectivity index (χ2v) is 4.74. The molecule has 0 amide bonds. The highest BCUT2D eigenvalue weighted by Gasteiger charge is 2.06. The van der Waals surface area contributed by atoms with E-state index in [-0.39, 0.29) is 5.56 Å². The summed E-state index contributed by atoms with van der Waals surface area (Å²) in [5.41, 5.74) is 0.703. The van der Waals surface area contributed by atoms with Crippen LogP contribution < -0.4 is 5.32 Å². The minimum absolute atomic E-state index is 0.108. The number of nitrogens with one attached hydrogen (secondary N) is 1. The van der Waals surface area contributed by atoms with Gasteiger partial charge >= 0.3 is 0 Å². The van der Waals surface area contributed by atoms with Gasteiger partial charge in [-0.05, 0) is 37.0 Å². The van der Waals surface area contributed by atoms with E-state index in [4.69, 9.17) is 5.26 Å². The Bertz CT molecular complexity index is 387. The monoisotopic (exact) mass is 252 g/mol. The highest BCUT2D eigenvalue weighted by molar-refractivity contribution is 7.98. The molecule has 1 rings (SSSR count). The molecule has 92 valence electrons. The number of rotatable bonds is 7. The lowest BCUT2D eigenvalue weighted by Gasteiger charge is -2.08. The second kappa shape index (κ2) is 7.97. The molecular weight excluding hydrogens is 235 g/mol. The number of thioether (sulfide) groups is 1. The highest BCUT2D eigenvalue weighted by Crippen LogP contribution is 2.17. The standard InChI is InChI=1S/C13H17FN2S/c1-17-9-4-2-3-8-16-13-7-5-6-12(14)11(13)10-15/h5-7,16H,2-4,8-9H2,1H3. The van der Waals surface area contributed by atoms with Crippen LogP contribution in [0.3, 0.4) is 0 Å². The summed E-state index contributed by atoms with van der Waals surface area (Å²) in [4.78, 5) is 0. The minimum Gasteiger partial charge on any atom is -0.384 e. The van der Waals surface area contributed by atoms with E-state index >= 15 is 0 Å². The van der Waals surface area contributed by atoms with Crippen molar-refractivity contribution in [1.82, 2.24) is 0 Å². The molecule has 0 unspecified atom stereocenters. The Labute approximate surface area is 106 Å². The molecule has 0 saturated carbocycles. The van der Waals surface area contributed by atoms with Gasteiger partial charge in [-0.1, -0.05) is 12.5 Å². The van der Waals surface area contributed by atoms with Crippen molar-refractivity contribution >= 4 is 17.4 Å². The van der Waals surface area contributed by atoms with Gasteiger partial charge in [-0.15, -0.1) is 0 Å². The van der Waals surface area contributed by atoms with E-state index in [0.29, 0.717) is 5.69 Å². The van der Waals surface area contributed by atoms with Crippen molar-refractivity contribution in [3.05, 3.63) is 29.6 Å². The van der Waals surface area contributed by atoms with Crippen molar-refractivity contribution in [3.63, 3.8) is 0 Å². The lowest BCUT2D eigenvalue weighted by atomic mass is 10.1. The molecule has 0 aliphatic rings. The third kappa shape index (κ3) is 4.66. The fourth-order valence-electron chi connectivity index (χ4n) is 1.56. The van der Waals surface area contributed by atoms with Crippen LogP contribution in [-0.2, 0) is 0 Å². The van der Waals surface area contributed by atoms with Crippen LogP contribution >= 0.6 is 11.8 Å². The van der Waals surface area contributed by atoms with Crippen LogP contribution in [0, 0.1) is 17.1 Å². The molecule has 1 N–H and O–H groups in total. The van der Waals surface area contributed by atoms with Crippen molar-refractivity contribution in [1.29, 1.82) is 5.26 Å². The molecule has 0 aliphatic heterocycles. The Kier molecular flexibility index (Phi) is 6.49. The van der Waals surface area contributed by atoms with E-state index in [1.807, 2.05) is 17.8 Å². The molecule has 0 aliphatic carbocycles. The zero-order valence-corrected chi connectivity index (χ0v) is 10.8. The van der Waals surface area contributed by atoms with E-state index in [1.165, 1.54) is 18.2 Å². The van der Waals surface area contributed by atoms with E-state index in [2.05, 4.69) is 11.6 Å². The topological polar surface area (TPSA) is 35.8 Å². The van der Waals surface area contributed by atoms with Gasteiger partial charge < -0.3 is 5.32 Å². The number of anilines is 1. The van der Waals surface area contributed by atoms with E-state index in [0.717, 1.165) is 19.4 Å². The van der Waals surface area contributed by atoms with Crippen LogP contribution in [0.25, 0.3) is 0 Å². The van der Waals surface area contributed by atoms with Gasteiger partial charge in [0, 0.05) is 6.54 Å². The molecule has 17 heavy (non-hydrogen) atoms. The van der Waals surface area contributed by atoms with E-state index in [9.17, 15) is 4.39 Å². The first-order valence-corrected chi connectivity index (χ1v) is 7.10. The van der Waals surface area contributed by atoms with Crippen LogP contribution in [0.4, 0.5) is 10.1 Å². The number of unbranched alkanes of at least 4 members (excludes halogenated alkanes) is 2. The van der Waals surface area contributed by atoms with Gasteiger partial charge in [0.25, 0.3) is 0 Å². The average molecular weight is 252 g/mol. The van der Waals surface area contributed by atoms with Gasteiger partial charge in [-0.25, -0.2) is 4.39 Å². The van der Waals surface area contributed by atoms with Gasteiger partial charge in [0.1, 0.15) is 17.4 Å². The van der Waals surface area contributed by atoms with E-state index < -0.39 is 5.82 Å². The van der Waals surface area contributed by atoms with Crippen LogP contribution in [0.2, 0.25) is 0 Å². The van der Waals surface area contributed by atoms with Crippen LogP contribution in [0.15, 0.2) is 18.2 Å². The predicted molar refractivity (Wildman–Crippen MR) is 71.8 cm³/mol. The van der Waals surface area contributed by atoms with Crippen molar-refractivity contribution < 1.29 is 4.39 Å². The Hall–Kier alpha value is -1.21. The maximum absolute atomic E-state index is 13.3. The van der Waals surface area contributed by atoms with Crippen LogP contribution in [0.5, 0.6) is 0 Å². The smallest absolute Gasteiger partial charge is 0.143 e. The number of nitrogens with zero attached hydrogens (tertiary/aromatic N) is 1. The summed E-state index contributed by atoms with van der Waals surface area (Å²) < 4.78 is 13.3. The molecule has 1 aromatic carbocycles. The Morgan fingerprint density at radius 3 is 2.88 bits per heavy atom. The highest BCUT2D eigenvalue weighted by atomic mass is 32.2. The molecule has 4 heteroatoms. The minimum atomic E-state index is -0.458. The summed E-state index contributed by atoms with van der Waals surface area (Å²) in [5, 5.41) is 12.0. The normalized spacial score (nSPS) is 9.94. The molecule has 0 spiro atoms. The van der Waals surface area contributed by atoms with Crippen LogP contribution in [0.1, 0.15) is 24.8 Å². The quantitative estimate of drug-likeness (QED) is 0.752. The summed E-state index contributed by atoms with van der Waals surface area (Å²) >= 11 is 1.85. The van der Waals surface area contributed by atoms with Crippen molar-refractivity contribution in [2.24, 2.45) is 0 Å². The van der Waals surface area contributed by atoms with Crippen molar-refractivity contribution in [2.75, 3.05) is 23.9 Å². The molecule has 0 atom stereocenters. The van der Waals surface area contributed by atoms with Gasteiger partial charge in [0.15, 0.2) is 0 Å². The van der Waals surface area contributed by atoms with E-state index in [1.54, 1.807) is 12.1 Å². The maximum Gasteiger partial charge on any atom is 0.143 e. The second-order valence-electron chi connectivity index (χ2n) is 3.75. The lowest BCUT2D eigenvalue weighted by Crippen LogP contribution is -2.04. The summed E-state index contributed by atoms with van der Waals surface area (Å²) in [7, 11) is 0. The first kappa shape index (κ1) is 13.9. The number of benzene rings is 1. The zero-order chi connectivity index (χ0) is 12.5. The van der Waals surface area contributed by atoms with Gasteiger partial charge in [0.05, 0.1) is 5.69 Å². The summed E-state index contributed by atoms with van der Waals surface area (Å²) in [6.45, 7) is 0.784. The number of halogens is 1. The van der Waals surface area contributed by atoms with Crippen molar-refractivity contribution in [3.8, 4) is 6.07 Å². The Balaban J connectivity index is 2.37. The molecule has 1 aromatic rings. The Morgan fingerprint density at radius 1 is 1.35 bits per heavy atom. The fraction of sp³-hybridized carbons (Fsp3) is 0.462. The number of nitriles is 1. The largest absolute Gasteiger partial charge is 0.384 e. The average Bonchev–Trinajstić information content (AvgIpc) is 2.34. The number of hydrogen-bond acceptors (Lipinski definition) is 3. The van der Waals surface area contributed by atoms with Crippen LogP contribution in [-0.4, -0.2) is 18.6 Å². The Morgan fingerprint density at radius 2 is 2.18 bits per heavy atom. The molecule has 0 fully saturated rings. The number of hydrogen-bond donors (Lipinski definition) is 1. The molecule has 2 nitrogen and oxygen atoms in total. The molecular formula is C13H17FN2S. The summed E-state index contributed by atoms with van der Waals surface area (Å²) in [6, 6.07) is 6.55. The molecule has 0 heterocycles. The lowest BCUT2D eigenvalue weighted by molar-refractivity contribution is 0.624. The molecule has 0 saturated heterocycles. The van der Waals surface area contributed by atoms with Crippen molar-refractivity contribution in [2.45, 2.75) is 19.3 Å². The fourth-order valence-corrected chi connectivity index (χ4v) is 2.05. The summed E-state index contributed by atoms with van der Waals surface area (Å²) in [6.07, 6.45) is 5.51. The maximum atomic E-state index is 13.3. The third-order valence-electron chi connectivity index (χ3n) is 2.47. The first-order chi connectivity index (χ1) is 8.29. The predicted octanol–water partition coefficient (Wildman–Crippen LogP) is 3.64.